The highest BCUT2D eigenvalue weighted by Crippen LogP contribution is 2.32. The summed E-state index contributed by atoms with van der Waals surface area (Å²) in [6.07, 6.45) is 0. The zero-order valence-electron chi connectivity index (χ0n) is 16.5. The van der Waals surface area contributed by atoms with Crippen molar-refractivity contribution in [1.82, 2.24) is 4.90 Å². The van der Waals surface area contributed by atoms with E-state index in [2.05, 4.69) is 0 Å². The van der Waals surface area contributed by atoms with Crippen LogP contribution in [0.2, 0.25) is 5.02 Å². The van der Waals surface area contributed by atoms with Gasteiger partial charge < -0.3 is 4.90 Å². The van der Waals surface area contributed by atoms with Crippen molar-refractivity contribution in [1.29, 1.82) is 0 Å². The lowest BCUT2D eigenvalue weighted by atomic mass is 10.1. The van der Waals surface area contributed by atoms with Gasteiger partial charge in [0.05, 0.1) is 27.9 Å². The highest BCUT2D eigenvalue weighted by atomic mass is 35.5. The van der Waals surface area contributed by atoms with Crippen molar-refractivity contribution >= 4 is 39.1 Å². The number of carbonyl (C=O) groups excluding carboxylic acids is 2. The molecule has 0 N–H and O–H groups in total. The third kappa shape index (κ3) is 4.31. The Morgan fingerprint density at radius 3 is 2.41 bits per heavy atom. The van der Waals surface area contributed by atoms with E-state index in [4.69, 9.17) is 11.6 Å². The predicted octanol–water partition coefficient (Wildman–Crippen LogP) is 3.70. The molecule has 1 fully saturated rings. The molecule has 1 aliphatic rings. The number of sulfonamides is 1. The van der Waals surface area contributed by atoms with Crippen LogP contribution in [-0.2, 0) is 21.4 Å². The summed E-state index contributed by atoms with van der Waals surface area (Å²) in [5.74, 6) is -1.70. The first-order valence-electron chi connectivity index (χ1n) is 9.33. The van der Waals surface area contributed by atoms with Crippen LogP contribution in [-0.4, -0.2) is 36.9 Å². The first-order chi connectivity index (χ1) is 13.6. The molecule has 29 heavy (non-hydrogen) atoms. The number of amides is 2. The number of nitrogens with zero attached hydrogens (tertiary/aromatic N) is 2. The quantitative estimate of drug-likeness (QED) is 0.719. The molecule has 0 radical (unpaired) electrons. The number of rotatable bonds is 5. The molecule has 1 aliphatic heterocycles. The second kappa shape index (κ2) is 8.16. The van der Waals surface area contributed by atoms with Gasteiger partial charge in [-0.2, -0.15) is 0 Å². The summed E-state index contributed by atoms with van der Waals surface area (Å²) in [5.41, 5.74) is 1.26. The Labute approximate surface area is 176 Å². The minimum Gasteiger partial charge on any atom is -0.332 e. The van der Waals surface area contributed by atoms with E-state index in [1.54, 1.807) is 11.8 Å². The Hall–Kier alpha value is -2.38. The van der Waals surface area contributed by atoms with Gasteiger partial charge in [0, 0.05) is 12.6 Å². The molecular weight excluding hydrogens is 412 g/mol. The minimum atomic E-state index is -3.76. The van der Waals surface area contributed by atoms with Gasteiger partial charge in [-0.15, -0.1) is 0 Å². The number of hydrogen-bond acceptors (Lipinski definition) is 4. The molecule has 2 amide bonds. The maximum atomic E-state index is 13.3. The molecule has 154 valence electrons. The minimum absolute atomic E-state index is 0.111. The lowest BCUT2D eigenvalue weighted by molar-refractivity contribution is -0.119. The number of benzene rings is 2. The van der Waals surface area contributed by atoms with E-state index in [0.717, 1.165) is 9.87 Å². The number of hydrogen-bond donors (Lipinski definition) is 0. The Morgan fingerprint density at radius 2 is 1.86 bits per heavy atom. The summed E-state index contributed by atoms with van der Waals surface area (Å²) in [6.45, 7) is 5.75. The van der Waals surface area contributed by atoms with Crippen LogP contribution in [0.1, 0.15) is 36.7 Å². The zero-order chi connectivity index (χ0) is 21.3. The molecule has 2 aromatic rings. The van der Waals surface area contributed by atoms with E-state index in [1.165, 1.54) is 18.2 Å². The van der Waals surface area contributed by atoms with Gasteiger partial charge in [0.1, 0.15) is 0 Å². The van der Waals surface area contributed by atoms with Crippen LogP contribution in [0.5, 0.6) is 0 Å². The van der Waals surface area contributed by atoms with Crippen molar-refractivity contribution in [3.05, 3.63) is 64.7 Å². The van der Waals surface area contributed by atoms with Crippen LogP contribution in [0.3, 0.4) is 0 Å². The Bertz CT molecular complexity index is 1040. The molecular formula is C21H23ClN2O4S. The smallest absolute Gasteiger partial charge is 0.255 e. The van der Waals surface area contributed by atoms with Crippen molar-refractivity contribution in [2.45, 2.75) is 33.4 Å². The molecule has 1 heterocycles. The standard InChI is InChI=1S/C21H23ClN2O4S/c1-14(2)23(12-16-7-5-4-6-8-16)21(26)18-11-17(9-10-19(18)22)24-20(25)15(3)13-29(24,27)28/h4-11,14-15H,12-13H2,1-3H3. The monoisotopic (exact) mass is 434 g/mol. The van der Waals surface area contributed by atoms with Crippen LogP contribution in [0.15, 0.2) is 48.5 Å². The lowest BCUT2D eigenvalue weighted by Gasteiger charge is -2.28. The van der Waals surface area contributed by atoms with Crippen molar-refractivity contribution in [3.63, 3.8) is 0 Å². The fourth-order valence-electron chi connectivity index (χ4n) is 3.31. The molecule has 2 aromatic carbocycles. The molecule has 1 atom stereocenters. The van der Waals surface area contributed by atoms with Crippen molar-refractivity contribution in [3.8, 4) is 0 Å². The van der Waals surface area contributed by atoms with Crippen molar-refractivity contribution < 1.29 is 18.0 Å². The molecule has 1 saturated heterocycles. The third-order valence-electron chi connectivity index (χ3n) is 4.86. The molecule has 3 rings (SSSR count). The van der Waals surface area contributed by atoms with Gasteiger partial charge in [0.15, 0.2) is 0 Å². The van der Waals surface area contributed by atoms with Gasteiger partial charge in [-0.3, -0.25) is 9.59 Å². The number of halogens is 1. The van der Waals surface area contributed by atoms with Crippen molar-refractivity contribution in [2.24, 2.45) is 5.92 Å². The topological polar surface area (TPSA) is 74.8 Å². The Kier molecular flexibility index (Phi) is 6.00. The second-order valence-corrected chi connectivity index (χ2v) is 9.73. The lowest BCUT2D eigenvalue weighted by Crippen LogP contribution is -2.37. The van der Waals surface area contributed by atoms with E-state index in [1.807, 2.05) is 44.2 Å². The zero-order valence-corrected chi connectivity index (χ0v) is 18.1. The van der Waals surface area contributed by atoms with Gasteiger partial charge in [-0.1, -0.05) is 48.9 Å². The van der Waals surface area contributed by atoms with E-state index in [0.29, 0.717) is 6.54 Å². The van der Waals surface area contributed by atoms with Crippen molar-refractivity contribution in [2.75, 3.05) is 10.1 Å². The number of carbonyl (C=O) groups is 2. The highest BCUT2D eigenvalue weighted by molar-refractivity contribution is 7.94. The first kappa shape index (κ1) is 21.3. The predicted molar refractivity (Wildman–Crippen MR) is 113 cm³/mol. The van der Waals surface area contributed by atoms with E-state index < -0.39 is 21.8 Å². The first-order valence-corrected chi connectivity index (χ1v) is 11.3. The summed E-state index contributed by atoms with van der Waals surface area (Å²) in [7, 11) is -3.76. The van der Waals surface area contributed by atoms with Gasteiger partial charge >= 0.3 is 0 Å². The molecule has 0 spiro atoms. The van der Waals surface area contributed by atoms with E-state index >= 15 is 0 Å². The maximum absolute atomic E-state index is 13.3. The average Bonchev–Trinajstić information content (AvgIpc) is 2.87. The fourth-order valence-corrected chi connectivity index (χ4v) is 5.32. The van der Waals surface area contributed by atoms with Crippen LogP contribution in [0, 0.1) is 5.92 Å². The highest BCUT2D eigenvalue weighted by Gasteiger charge is 2.42. The second-order valence-electron chi connectivity index (χ2n) is 7.46. The van der Waals surface area contributed by atoms with Crippen LogP contribution < -0.4 is 4.31 Å². The summed E-state index contributed by atoms with van der Waals surface area (Å²) in [4.78, 5) is 27.3. The third-order valence-corrected chi connectivity index (χ3v) is 7.05. The average molecular weight is 435 g/mol. The summed E-state index contributed by atoms with van der Waals surface area (Å²) in [5, 5.41) is 0.203. The summed E-state index contributed by atoms with van der Waals surface area (Å²) < 4.78 is 25.6. The maximum Gasteiger partial charge on any atom is 0.255 e. The van der Waals surface area contributed by atoms with Crippen LogP contribution in [0.4, 0.5) is 5.69 Å². The largest absolute Gasteiger partial charge is 0.332 e. The molecule has 8 heteroatoms. The molecule has 0 aromatic heterocycles. The van der Waals surface area contributed by atoms with Gasteiger partial charge in [-0.25, -0.2) is 12.7 Å². The van der Waals surface area contributed by atoms with Crippen LogP contribution >= 0.6 is 11.6 Å². The Morgan fingerprint density at radius 1 is 1.21 bits per heavy atom. The Balaban J connectivity index is 1.98. The van der Waals surface area contributed by atoms with E-state index in [9.17, 15) is 18.0 Å². The summed E-state index contributed by atoms with van der Waals surface area (Å²) in [6, 6.07) is 13.7. The van der Waals surface area contributed by atoms with Gasteiger partial charge in [0.2, 0.25) is 15.9 Å². The molecule has 1 unspecified atom stereocenters. The van der Waals surface area contributed by atoms with E-state index in [-0.39, 0.29) is 34.0 Å². The normalized spacial score (nSPS) is 18.3. The summed E-state index contributed by atoms with van der Waals surface area (Å²) >= 11 is 6.29. The van der Waals surface area contributed by atoms with Gasteiger partial charge in [0.25, 0.3) is 5.91 Å². The molecule has 0 bridgehead atoms. The SMILES string of the molecule is CC1CS(=O)(=O)N(c2ccc(Cl)c(C(=O)N(Cc3ccccc3)C(C)C)c2)C1=O. The molecule has 6 nitrogen and oxygen atoms in total. The molecule has 0 saturated carbocycles. The van der Waals surface area contributed by atoms with Crippen LogP contribution in [0.25, 0.3) is 0 Å². The number of anilines is 1. The fraction of sp³-hybridized carbons (Fsp3) is 0.333. The van der Waals surface area contributed by atoms with Gasteiger partial charge in [-0.05, 0) is 37.6 Å². The molecule has 0 aliphatic carbocycles.